The smallest absolute Gasteiger partial charge is 0.342 e. The molecule has 0 N–H and O–H groups in total. The van der Waals surface area contributed by atoms with Crippen molar-refractivity contribution in [2.24, 2.45) is 11.8 Å². The van der Waals surface area contributed by atoms with Gasteiger partial charge in [-0.15, -0.1) is 0 Å². The molecule has 0 radical (unpaired) electrons. The van der Waals surface area contributed by atoms with Crippen LogP contribution in [0.25, 0.3) is 0 Å². The fraction of sp³-hybridized carbons (Fsp3) is 0.979. The molecule has 10 aliphatic rings. The van der Waals surface area contributed by atoms with Crippen molar-refractivity contribution in [3.63, 3.8) is 0 Å². The van der Waals surface area contributed by atoms with Crippen LogP contribution in [0, 0.1) is 11.8 Å². The van der Waals surface area contributed by atoms with Crippen LogP contribution in [0.3, 0.4) is 0 Å². The quantitative estimate of drug-likeness (QED) is 0.175. The Balaban J connectivity index is 0.000000646. The molecule has 0 spiro atoms. The molecule has 2 atom stereocenters. The summed E-state index contributed by atoms with van der Waals surface area (Å²) in [5.41, 5.74) is 0. The van der Waals surface area contributed by atoms with Gasteiger partial charge in [0.25, 0.3) is 0 Å². The van der Waals surface area contributed by atoms with Gasteiger partial charge in [-0.1, -0.05) is 59.3 Å². The molecule has 0 aromatic rings. The number of alkyl halides is 3. The highest BCUT2D eigenvalue weighted by atomic mass is 19.4. The van der Waals surface area contributed by atoms with E-state index in [2.05, 4.69) is 218 Å². The summed E-state index contributed by atoms with van der Waals surface area (Å²) in [5, 5.41) is 0. The third-order valence-corrected chi connectivity index (χ3v) is 26.1. The average Bonchev–Trinajstić information content (AvgIpc) is 1.11. The first kappa shape index (κ1) is 112. The van der Waals surface area contributed by atoms with Crippen molar-refractivity contribution in [2.45, 2.75) is 394 Å². The van der Waals surface area contributed by atoms with Crippen molar-refractivity contribution in [1.82, 2.24) is 73.5 Å². The number of likely N-dealkylation sites (N-methyl/N-ethyl adjacent to an activating group) is 2. The summed E-state index contributed by atoms with van der Waals surface area (Å²) in [7, 11) is 2.21. The standard InChI is InChI=1S/C11H22N2O.C11H24N2.C10H20N2O.C10H22N2.C9H16F3N.C9H20N2.4C9H19N/c1-4-11(14)13-7-5-6-12(8-9-13)10(2)3;1-10(2)12-6-5-7-13(9-8-12)11(3)4;1-9(2)11-5-4-6-12(8-7-11)10(3)13;1-4-11-6-5-7-12(9-8-11)10(2)3;1-7(2)13-5-3-4-8(6-13)9(10,11)12;1-9(2)11-6-4-5-10(3)7-8-11;1-8(2)10-6-4-5-9(3)7-10;3*1-9(2)10-7-5-3-4-6-8-10/h10H,4-9H2,1-3H3;10-11H,5-9H2,1-4H3;9H,4-8H2,1-3H3;10H,4-9H2,1-3H3;7-8H,3-6H2,1-2H3;9H,4-8H2,1-3H3;8-9H,4-7H2,1-3H3;3*9H,3-8H2,1-2H3/t;;;;8-;;9-;;;/m....1.0.../s1. The van der Waals surface area contributed by atoms with Crippen LogP contribution in [0.2, 0.25) is 0 Å². The predicted octanol–water partition coefficient (Wildman–Crippen LogP) is 18.2. The van der Waals surface area contributed by atoms with Crippen molar-refractivity contribution in [2.75, 3.05) is 210 Å². The summed E-state index contributed by atoms with van der Waals surface area (Å²) in [6, 6.07) is 7.35. The topological polar surface area (TPSA) is 82.7 Å². The Bertz CT molecular complexity index is 2210. The largest absolute Gasteiger partial charge is 0.393 e. The normalized spacial score (nSPS) is 23.4. The van der Waals surface area contributed by atoms with Crippen LogP contribution in [0.15, 0.2) is 0 Å². The molecule has 10 rings (SSSR count). The maximum absolute atomic E-state index is 12.4. The van der Waals surface area contributed by atoms with Crippen LogP contribution < -0.4 is 0 Å². The monoisotopic (exact) mass is 1650 g/mol. The maximum Gasteiger partial charge on any atom is 0.393 e. The number of hydrogen-bond donors (Lipinski definition) is 0. The first-order valence-corrected chi connectivity index (χ1v) is 49.0. The minimum atomic E-state index is -4.01. The summed E-state index contributed by atoms with van der Waals surface area (Å²) >= 11 is 0. The van der Waals surface area contributed by atoms with Crippen LogP contribution >= 0.6 is 0 Å². The summed E-state index contributed by atoms with van der Waals surface area (Å²) in [5.74, 6) is 0.334. The van der Waals surface area contributed by atoms with Gasteiger partial charge in [0.1, 0.15) is 0 Å². The minimum Gasteiger partial charge on any atom is -0.342 e. The Morgan fingerprint density at radius 3 is 0.853 bits per heavy atom. The first-order valence-electron chi connectivity index (χ1n) is 49.0. The van der Waals surface area contributed by atoms with Crippen molar-refractivity contribution in [1.29, 1.82) is 0 Å². The average molecular weight is 1650 g/mol. The molecule has 0 bridgehead atoms. The molecule has 0 aliphatic carbocycles. The molecule has 692 valence electrons. The molecule has 0 saturated carbocycles. The Hall–Kier alpha value is -1.79. The Kier molecular flexibility index (Phi) is 63.6. The van der Waals surface area contributed by atoms with E-state index in [9.17, 15) is 22.8 Å². The molecule has 0 aromatic carbocycles. The third kappa shape index (κ3) is 52.7. The van der Waals surface area contributed by atoms with Gasteiger partial charge in [-0.05, 0) is 360 Å². The molecule has 0 aromatic heterocycles. The van der Waals surface area contributed by atoms with Crippen molar-refractivity contribution in [3.8, 4) is 0 Å². The van der Waals surface area contributed by atoms with E-state index in [4.69, 9.17) is 0 Å². The highest BCUT2D eigenvalue weighted by Crippen LogP contribution is 2.34. The molecule has 10 fully saturated rings. The lowest BCUT2D eigenvalue weighted by molar-refractivity contribution is -0.188. The van der Waals surface area contributed by atoms with E-state index in [1.165, 1.54) is 247 Å². The highest BCUT2D eigenvalue weighted by molar-refractivity contribution is 5.75. The fourth-order valence-electron chi connectivity index (χ4n) is 17.4. The summed E-state index contributed by atoms with van der Waals surface area (Å²) in [6.07, 6.45) is 23.8. The van der Waals surface area contributed by atoms with Gasteiger partial charge in [-0.25, -0.2) is 0 Å². The van der Waals surface area contributed by atoms with Crippen LogP contribution in [0.5, 0.6) is 0 Å². The first-order chi connectivity index (χ1) is 54.8. The zero-order valence-corrected chi connectivity index (χ0v) is 82.1. The van der Waals surface area contributed by atoms with Gasteiger partial charge in [0.05, 0.1) is 5.92 Å². The van der Waals surface area contributed by atoms with E-state index in [0.717, 1.165) is 114 Å². The number of halogens is 3. The highest BCUT2D eigenvalue weighted by Gasteiger charge is 2.42. The van der Waals surface area contributed by atoms with Crippen LogP contribution in [0.1, 0.15) is 321 Å². The molecule has 17 nitrogen and oxygen atoms in total. The number of nitrogens with zero attached hydrogens (tertiary/aromatic N) is 15. The van der Waals surface area contributed by atoms with Gasteiger partial charge in [-0.3, -0.25) is 39.0 Å². The molecule has 116 heavy (non-hydrogen) atoms. The van der Waals surface area contributed by atoms with Gasteiger partial charge in [0.15, 0.2) is 0 Å². The molecule has 0 unspecified atom stereocenters. The van der Waals surface area contributed by atoms with E-state index in [0.29, 0.717) is 49.3 Å². The second-order valence-corrected chi connectivity index (χ2v) is 39.0. The Labute approximate surface area is 720 Å². The molecule has 10 saturated heterocycles. The van der Waals surface area contributed by atoms with E-state index in [1.807, 2.05) is 35.5 Å². The number of amides is 2. The molecule has 20 heteroatoms. The Morgan fingerprint density at radius 2 is 0.543 bits per heavy atom. The van der Waals surface area contributed by atoms with Crippen LogP contribution in [0.4, 0.5) is 13.2 Å². The van der Waals surface area contributed by atoms with E-state index in [-0.39, 0.29) is 18.5 Å². The number of carbonyl (C=O) groups excluding carboxylic acids is 2. The van der Waals surface area contributed by atoms with E-state index in [1.54, 1.807) is 6.92 Å². The van der Waals surface area contributed by atoms with Crippen molar-refractivity contribution >= 4 is 11.8 Å². The number of rotatable bonds is 13. The summed E-state index contributed by atoms with van der Waals surface area (Å²) in [6.45, 7) is 93.6. The van der Waals surface area contributed by atoms with Gasteiger partial charge < -0.3 is 44.1 Å². The summed E-state index contributed by atoms with van der Waals surface area (Å²) < 4.78 is 37.1. The molecular weight excluding hydrogens is 1450 g/mol. The third-order valence-electron chi connectivity index (χ3n) is 26.1. The lowest BCUT2D eigenvalue weighted by atomic mass is 9.96. The zero-order chi connectivity index (χ0) is 87.3. The van der Waals surface area contributed by atoms with Crippen LogP contribution in [-0.2, 0) is 9.59 Å². The molecule has 2 amide bonds. The van der Waals surface area contributed by atoms with Crippen molar-refractivity contribution < 1.29 is 22.8 Å². The second-order valence-electron chi connectivity index (χ2n) is 39.0. The minimum absolute atomic E-state index is 0.182. The van der Waals surface area contributed by atoms with Gasteiger partial charge in [0.2, 0.25) is 11.8 Å². The van der Waals surface area contributed by atoms with Crippen molar-refractivity contribution in [3.05, 3.63) is 0 Å². The van der Waals surface area contributed by atoms with Gasteiger partial charge >= 0.3 is 6.18 Å². The Morgan fingerprint density at radius 1 is 0.284 bits per heavy atom. The number of piperidine rings is 2. The van der Waals surface area contributed by atoms with Gasteiger partial charge in [-0.2, -0.15) is 13.2 Å². The SMILES string of the molecule is CC(=O)N1CCCN(C(C)C)CC1.CC(C)N1CCCCCC1.CC(C)N1CCCCCC1.CC(C)N1CCCCCC1.CC(C)N1CCCN(C(C)C)CC1.CC(C)N1CCCN(C)CC1.CC(C)N1CCC[C@@H](C(F)(F)F)C1.CC(C)N1CCC[C@H](C)C1.CCC(=O)N1CCCN(C(C)C)CC1.CCN1CCCN(C(C)C)CC1. The maximum atomic E-state index is 12.4. The van der Waals surface area contributed by atoms with E-state index >= 15 is 0 Å². The number of likely N-dealkylation sites (tertiary alicyclic amines) is 5. The molecular formula is C96H200F3N15O2. The van der Waals surface area contributed by atoms with Gasteiger partial charge in [0, 0.05) is 185 Å². The van der Waals surface area contributed by atoms with Crippen LogP contribution in [-0.4, -0.2) is 368 Å². The predicted molar refractivity (Wildman–Crippen MR) is 498 cm³/mol. The summed E-state index contributed by atoms with van der Waals surface area (Å²) in [4.78, 5) is 59.0. The lowest BCUT2D eigenvalue weighted by Crippen LogP contribution is -2.44. The second kappa shape index (κ2) is 65.8. The van der Waals surface area contributed by atoms with E-state index < -0.39 is 12.1 Å². The lowest BCUT2D eigenvalue weighted by Gasteiger charge is -2.36. The number of hydrogen-bond acceptors (Lipinski definition) is 15. The molecule has 10 heterocycles. The zero-order valence-electron chi connectivity index (χ0n) is 82.1. The fourth-order valence-corrected chi connectivity index (χ4v) is 17.4. The molecule has 10 aliphatic heterocycles. The number of carbonyl (C=O) groups is 2.